The van der Waals surface area contributed by atoms with E-state index in [1.165, 1.54) is 121 Å². The summed E-state index contributed by atoms with van der Waals surface area (Å²) in [6.45, 7) is 46.2. The van der Waals surface area contributed by atoms with Crippen LogP contribution in [0.4, 0.5) is 0 Å². The first-order valence-corrected chi connectivity index (χ1v) is 48.3. The third-order valence-electron chi connectivity index (χ3n) is 20.3. The zero-order valence-electron chi connectivity index (χ0n) is 73.7. The Kier molecular flexibility index (Phi) is 50.3. The minimum atomic E-state index is -0.181. The fourth-order valence-electron chi connectivity index (χ4n) is 10.9. The fourth-order valence-corrected chi connectivity index (χ4v) is 17.1. The summed E-state index contributed by atoms with van der Waals surface area (Å²) in [5, 5.41) is 47.9. The molecule has 3 heterocycles. The monoisotopic (exact) mass is 1770 g/mol. The van der Waals surface area contributed by atoms with Crippen LogP contribution >= 0.6 is 106 Å². The van der Waals surface area contributed by atoms with Gasteiger partial charge in [0.15, 0.2) is 31.2 Å². The third kappa shape index (κ3) is 41.6. The second-order valence-corrected chi connectivity index (χ2v) is 39.1. The van der Waals surface area contributed by atoms with Gasteiger partial charge in [-0.15, -0.1) is 0 Å². The van der Waals surface area contributed by atoms with Gasteiger partial charge in [-0.25, -0.2) is 0 Å². The quantitative estimate of drug-likeness (QED) is 0.0142. The molecule has 0 aliphatic carbocycles. The van der Waals surface area contributed by atoms with Crippen molar-refractivity contribution in [1.82, 2.24) is 30.6 Å². The molecule has 0 spiro atoms. The van der Waals surface area contributed by atoms with E-state index in [-0.39, 0.29) is 11.9 Å². The second-order valence-electron chi connectivity index (χ2n) is 30.5. The Morgan fingerprint density at radius 2 is 0.525 bits per heavy atom. The van der Waals surface area contributed by atoms with E-state index < -0.39 is 0 Å². The Morgan fingerprint density at radius 3 is 0.712 bits per heavy atom. The molecule has 21 heteroatoms. The van der Waals surface area contributed by atoms with E-state index in [9.17, 15) is 0 Å². The first-order chi connectivity index (χ1) is 56.4. The van der Waals surface area contributed by atoms with Crippen LogP contribution < -0.4 is 9.47 Å². The highest BCUT2D eigenvalue weighted by atomic mass is 32.2. The Bertz CT molecular complexity index is 4230. The number of phenolic OH excluding ortho intramolecular Hbond substituents is 3. The number of hydrogen-bond acceptors (Lipinski definition) is 18. The smallest absolute Gasteiger partial charge is 0.196 e. The number of aromatic amines is 3. The number of nitrogens with one attached hydrogen (secondary N) is 3. The van der Waals surface area contributed by atoms with Gasteiger partial charge in [-0.3, -0.25) is 15.3 Å². The maximum absolute atomic E-state index is 9.01. The third-order valence-corrected chi connectivity index (χ3v) is 27.2. The molecule has 3 aromatic heterocycles. The summed E-state index contributed by atoms with van der Waals surface area (Å²) >= 11 is 24.8. The number of hydrogen-bond donors (Lipinski definition) is 6. The number of ether oxygens (including phenoxy) is 3. The van der Waals surface area contributed by atoms with Gasteiger partial charge in [0.2, 0.25) is 0 Å². The summed E-state index contributed by atoms with van der Waals surface area (Å²) in [6.07, 6.45) is 9.15. The lowest BCUT2D eigenvalue weighted by molar-refractivity contribution is -0.0613. The zero-order valence-corrected chi connectivity index (χ0v) is 81.1. The van der Waals surface area contributed by atoms with Crippen LogP contribution in [0.3, 0.4) is 0 Å². The number of nitrogens with zero attached hydrogens (tertiary/aromatic N) is 3. The number of aromatic hydroxyl groups is 3. The summed E-state index contributed by atoms with van der Waals surface area (Å²) < 4.78 is 21.9. The number of H-pyrrole nitrogens is 3. The van der Waals surface area contributed by atoms with Crippen molar-refractivity contribution in [2.75, 3.05) is 6.61 Å². The van der Waals surface area contributed by atoms with Crippen molar-refractivity contribution in [3.63, 3.8) is 0 Å². The molecule has 11 rings (SSSR count). The predicted molar refractivity (Wildman–Crippen MR) is 519 cm³/mol. The lowest BCUT2D eigenvalue weighted by Crippen LogP contribution is -2.22. The van der Waals surface area contributed by atoms with Crippen molar-refractivity contribution in [1.29, 1.82) is 0 Å². The summed E-state index contributed by atoms with van der Waals surface area (Å²) in [5.41, 5.74) is 14.8. The molecule has 0 fully saturated rings. The average Bonchev–Trinajstić information content (AvgIpc) is 1.51. The van der Waals surface area contributed by atoms with Gasteiger partial charge in [-0.05, 0) is 292 Å². The molecule has 0 saturated carbocycles. The Balaban J connectivity index is 0.000000286. The number of rotatable bonds is 30. The molecule has 6 N–H and O–H groups in total. The van der Waals surface area contributed by atoms with E-state index in [1.807, 2.05) is 62.4 Å². The van der Waals surface area contributed by atoms with E-state index in [1.54, 1.807) is 71.7 Å². The predicted octanol–water partition coefficient (Wildman–Crippen LogP) is 32.1. The number of phenols is 3. The minimum absolute atomic E-state index is 0.113. The van der Waals surface area contributed by atoms with Gasteiger partial charge in [-0.1, -0.05) is 314 Å². The van der Waals surface area contributed by atoms with Crippen LogP contribution in [0.2, 0.25) is 0 Å². The van der Waals surface area contributed by atoms with Crippen LogP contribution in [-0.2, 0) is 22.0 Å². The van der Waals surface area contributed by atoms with Gasteiger partial charge in [0.05, 0.1) is 0 Å². The normalized spacial score (nSPS) is 13.1. The maximum Gasteiger partial charge on any atom is 0.196 e. The minimum Gasteiger partial charge on any atom is -0.508 e. The van der Waals surface area contributed by atoms with Gasteiger partial charge in [-0.2, -0.15) is 15.3 Å². The Hall–Kier alpha value is -6.89. The highest BCUT2D eigenvalue weighted by Gasteiger charge is 2.14. The lowest BCUT2D eigenvalue weighted by Gasteiger charge is -2.21. The highest BCUT2D eigenvalue weighted by molar-refractivity contribution is 8.01. The topological polar surface area (TPSA) is 174 Å². The van der Waals surface area contributed by atoms with E-state index in [0.717, 1.165) is 79.3 Å². The molecular formula is C97H134N6O6S9. The van der Waals surface area contributed by atoms with Gasteiger partial charge < -0.3 is 29.5 Å². The number of aromatic nitrogens is 6. The van der Waals surface area contributed by atoms with E-state index >= 15 is 0 Å². The van der Waals surface area contributed by atoms with Gasteiger partial charge in [0, 0.05) is 23.9 Å². The molecule has 9 unspecified atom stereocenters. The average molecular weight is 1770 g/mol. The highest BCUT2D eigenvalue weighted by Crippen LogP contribution is 2.32. The van der Waals surface area contributed by atoms with E-state index in [2.05, 4.69) is 271 Å². The van der Waals surface area contributed by atoms with Crippen molar-refractivity contribution in [2.24, 2.45) is 0 Å². The second kappa shape index (κ2) is 57.4. The largest absolute Gasteiger partial charge is 0.508 e. The Morgan fingerprint density at radius 1 is 0.322 bits per heavy atom. The van der Waals surface area contributed by atoms with Crippen LogP contribution in [0.1, 0.15) is 305 Å². The molecular weight excluding hydrogens is 1630 g/mol. The Labute approximate surface area is 748 Å². The number of thioether (sulfide) groups is 3. The van der Waals surface area contributed by atoms with Crippen LogP contribution in [0.25, 0.3) is 0 Å². The summed E-state index contributed by atoms with van der Waals surface area (Å²) in [6, 6.07) is 65.7. The van der Waals surface area contributed by atoms with E-state index in [0.29, 0.717) is 71.2 Å². The van der Waals surface area contributed by atoms with Gasteiger partial charge >= 0.3 is 0 Å². The molecule has 0 saturated heterocycles. The molecule has 11 aromatic rings. The molecule has 0 radical (unpaired) electrons. The summed E-state index contributed by atoms with van der Waals surface area (Å²) in [4.78, 5) is 0. The first-order valence-electron chi connectivity index (χ1n) is 41.7. The molecule has 0 aliphatic rings. The molecule has 0 bridgehead atoms. The summed E-state index contributed by atoms with van der Waals surface area (Å²) in [5.74, 6) is 10.6. The lowest BCUT2D eigenvalue weighted by atomic mass is 9.98. The van der Waals surface area contributed by atoms with Crippen LogP contribution in [0.15, 0.2) is 207 Å². The molecule has 0 amide bonds. The fraction of sp³-hybridized carbons (Fsp3) is 0.443. The molecule has 12 nitrogen and oxygen atoms in total. The van der Waals surface area contributed by atoms with Crippen LogP contribution in [0.5, 0.6) is 28.7 Å². The van der Waals surface area contributed by atoms with Crippen molar-refractivity contribution in [2.45, 2.75) is 286 Å². The van der Waals surface area contributed by atoms with Crippen molar-refractivity contribution >= 4 is 106 Å². The molecule has 642 valence electrons. The molecule has 8 aromatic carbocycles. The molecule has 0 aliphatic heterocycles. The zero-order chi connectivity index (χ0) is 87.1. The summed E-state index contributed by atoms with van der Waals surface area (Å²) in [7, 11) is 0. The van der Waals surface area contributed by atoms with Crippen molar-refractivity contribution in [3.05, 3.63) is 267 Å². The van der Waals surface area contributed by atoms with Crippen molar-refractivity contribution in [3.8, 4) is 28.7 Å². The standard InChI is InChI=1S/C14H22O2.C14H22O.3C13H16N2S3.3C10H14O/c1-5-11(3)13-7-9-14(10-8-13)16-12(4)15-6-2;1-6-11(2)12-7-9-13(10-8-12)15-14(3,4)5;3*1-3-9(2)11-6-4-10(5-7-11)8-17-13-15-14-12(16)18-13;3*1-3-8(2)9-4-6-10(11)7-5-9/h7-12H,5-6H2,1-4H3;7-11H,6H2,1-5H3;3*4-7,9H,3,8H2,1-2H3,(H,14,16);3*4-8,11H,3H2,1-2H3. The number of benzene rings is 8. The van der Waals surface area contributed by atoms with Gasteiger partial charge in [0.1, 0.15) is 34.3 Å². The van der Waals surface area contributed by atoms with Crippen LogP contribution in [-0.4, -0.2) is 64.4 Å². The van der Waals surface area contributed by atoms with Crippen LogP contribution in [0, 0.1) is 11.9 Å². The SMILES string of the molecule is CCC(C)c1ccc(CSc2n[nH]c(=S)s2)cc1.CCC(C)c1ccc(CSc2n[nH]c(=S)s2)cc1.CCC(C)c1ccc(CSc2n[nH]c(=S)s2)cc1.CCC(C)c1ccc(O)cc1.CCC(C)c1ccc(O)cc1.CCC(C)c1ccc(O)cc1.CCC(C)c1ccc(OC(C)(C)C)cc1.CCOC(C)Oc1ccc(C(C)CC)cc1. The molecule has 9 atom stereocenters. The first kappa shape index (κ1) is 103. The molecule has 118 heavy (non-hydrogen) atoms. The van der Waals surface area contributed by atoms with Crippen molar-refractivity contribution < 1.29 is 29.5 Å². The van der Waals surface area contributed by atoms with Gasteiger partial charge in [0.25, 0.3) is 0 Å². The maximum atomic E-state index is 9.01. The van der Waals surface area contributed by atoms with E-state index in [4.69, 9.17) is 66.2 Å².